The third kappa shape index (κ3) is 3.90. The lowest BCUT2D eigenvalue weighted by molar-refractivity contribution is 0.403. The van der Waals surface area contributed by atoms with Gasteiger partial charge in [-0.1, -0.05) is 41.4 Å². The van der Waals surface area contributed by atoms with Crippen LogP contribution in [0.1, 0.15) is 24.6 Å². The quantitative estimate of drug-likeness (QED) is 0.589. The summed E-state index contributed by atoms with van der Waals surface area (Å²) in [6.07, 6.45) is 1.80. The first-order chi connectivity index (χ1) is 12.9. The van der Waals surface area contributed by atoms with Crippen molar-refractivity contribution in [3.63, 3.8) is 0 Å². The maximum absolute atomic E-state index is 10.7. The molecule has 6 heteroatoms. The number of ether oxygens (including phenoxy) is 1. The second-order valence-corrected chi connectivity index (χ2v) is 7.24. The molecule has 0 fully saturated rings. The van der Waals surface area contributed by atoms with E-state index in [4.69, 9.17) is 10.5 Å². The molecule has 0 saturated carbocycles. The molecule has 3 N–H and O–H groups in total. The average molecular weight is 428 g/mol. The van der Waals surface area contributed by atoms with E-state index in [0.29, 0.717) is 17.0 Å². The molecule has 0 amide bonds. The summed E-state index contributed by atoms with van der Waals surface area (Å²) in [5.41, 5.74) is 10.7. The Morgan fingerprint density at radius 1 is 1.15 bits per heavy atom. The number of aryl methyl sites for hydroxylation is 2. The first-order valence-electron chi connectivity index (χ1n) is 8.74. The van der Waals surface area contributed by atoms with Crippen LogP contribution in [0.15, 0.2) is 40.9 Å². The Hall–Kier alpha value is -2.60. The Labute approximate surface area is 167 Å². The summed E-state index contributed by atoms with van der Waals surface area (Å²) in [6.45, 7) is 4.00. The predicted molar refractivity (Wildman–Crippen MR) is 112 cm³/mol. The van der Waals surface area contributed by atoms with Crippen molar-refractivity contribution in [2.24, 2.45) is 0 Å². The maximum Gasteiger partial charge on any atom is 0.220 e. The van der Waals surface area contributed by atoms with Crippen LogP contribution in [0.2, 0.25) is 0 Å². The maximum atomic E-state index is 10.7. The van der Waals surface area contributed by atoms with Crippen molar-refractivity contribution in [1.82, 2.24) is 9.97 Å². The third-order valence-corrected chi connectivity index (χ3v) is 4.94. The number of phenols is 1. The molecule has 140 valence electrons. The Morgan fingerprint density at radius 2 is 1.85 bits per heavy atom. The van der Waals surface area contributed by atoms with E-state index in [-0.39, 0.29) is 11.7 Å². The van der Waals surface area contributed by atoms with E-state index >= 15 is 0 Å². The molecule has 0 spiro atoms. The summed E-state index contributed by atoms with van der Waals surface area (Å²) in [6, 6.07) is 11.5. The van der Waals surface area contributed by atoms with Gasteiger partial charge in [0, 0.05) is 21.7 Å². The fourth-order valence-corrected chi connectivity index (χ4v) is 3.47. The van der Waals surface area contributed by atoms with E-state index in [1.54, 1.807) is 13.2 Å². The largest absolute Gasteiger partial charge is 0.507 e. The van der Waals surface area contributed by atoms with Gasteiger partial charge >= 0.3 is 0 Å². The highest BCUT2D eigenvalue weighted by Gasteiger charge is 2.19. The van der Waals surface area contributed by atoms with Gasteiger partial charge < -0.3 is 15.6 Å². The second kappa shape index (κ2) is 7.96. The first kappa shape index (κ1) is 19.2. The number of nitrogen functional groups attached to an aromatic ring is 1. The Bertz CT molecular complexity index is 972. The van der Waals surface area contributed by atoms with Crippen molar-refractivity contribution < 1.29 is 9.84 Å². The molecular formula is C21H22BrN3O2. The molecule has 0 bridgehead atoms. The Morgan fingerprint density at radius 3 is 2.48 bits per heavy atom. The fourth-order valence-electron chi connectivity index (χ4n) is 3.21. The van der Waals surface area contributed by atoms with Gasteiger partial charge in [0.2, 0.25) is 5.95 Å². The highest BCUT2D eigenvalue weighted by atomic mass is 79.9. The van der Waals surface area contributed by atoms with Crippen molar-refractivity contribution in [3.8, 4) is 33.9 Å². The zero-order valence-electron chi connectivity index (χ0n) is 15.6. The number of rotatable bonds is 5. The molecule has 0 aliphatic carbocycles. The van der Waals surface area contributed by atoms with Crippen LogP contribution in [0.25, 0.3) is 22.4 Å². The van der Waals surface area contributed by atoms with Crippen LogP contribution < -0.4 is 10.5 Å². The van der Waals surface area contributed by atoms with Crippen LogP contribution >= 0.6 is 15.9 Å². The van der Waals surface area contributed by atoms with Crippen LogP contribution in [-0.4, -0.2) is 22.2 Å². The summed E-state index contributed by atoms with van der Waals surface area (Å²) < 4.78 is 6.41. The highest BCUT2D eigenvalue weighted by Crippen LogP contribution is 2.40. The summed E-state index contributed by atoms with van der Waals surface area (Å²) in [5.74, 6) is 0.945. The number of nitrogens with zero attached hydrogens (tertiary/aromatic N) is 2. The minimum absolute atomic E-state index is 0.0996. The number of hydrogen-bond acceptors (Lipinski definition) is 5. The van der Waals surface area contributed by atoms with E-state index < -0.39 is 0 Å². The highest BCUT2D eigenvalue weighted by molar-refractivity contribution is 9.10. The molecule has 27 heavy (non-hydrogen) atoms. The van der Waals surface area contributed by atoms with Crippen LogP contribution in [0, 0.1) is 6.92 Å². The van der Waals surface area contributed by atoms with Gasteiger partial charge in [0.25, 0.3) is 0 Å². The number of methoxy groups -OCH3 is 1. The van der Waals surface area contributed by atoms with Crippen molar-refractivity contribution in [1.29, 1.82) is 0 Å². The van der Waals surface area contributed by atoms with Gasteiger partial charge in [0.1, 0.15) is 11.5 Å². The number of phenolic OH excluding ortho intramolecular Hbond substituents is 1. The molecule has 0 atom stereocenters. The van der Waals surface area contributed by atoms with Crippen LogP contribution in [0.5, 0.6) is 11.5 Å². The Balaban J connectivity index is 2.28. The summed E-state index contributed by atoms with van der Waals surface area (Å²) in [5, 5.41) is 10.7. The molecule has 0 aliphatic heterocycles. The summed E-state index contributed by atoms with van der Waals surface area (Å²) in [7, 11) is 1.60. The van der Waals surface area contributed by atoms with E-state index in [2.05, 4.69) is 32.8 Å². The van der Waals surface area contributed by atoms with Gasteiger partial charge in [0.15, 0.2) is 0 Å². The SMILES string of the molecule is CCCc1cc(-c2nc(N)nc(C)c2-c2ccc(Br)cc2)c(O)cc1OC. The van der Waals surface area contributed by atoms with E-state index in [0.717, 1.165) is 39.7 Å². The van der Waals surface area contributed by atoms with Crippen molar-refractivity contribution in [2.45, 2.75) is 26.7 Å². The number of aromatic nitrogens is 2. The van der Waals surface area contributed by atoms with Crippen molar-refractivity contribution in [2.75, 3.05) is 12.8 Å². The second-order valence-electron chi connectivity index (χ2n) is 6.33. The molecule has 3 aromatic rings. The number of hydrogen-bond donors (Lipinski definition) is 2. The van der Waals surface area contributed by atoms with Crippen LogP contribution in [0.3, 0.4) is 0 Å². The fraction of sp³-hybridized carbons (Fsp3) is 0.238. The lowest BCUT2D eigenvalue weighted by Crippen LogP contribution is -2.03. The molecule has 3 rings (SSSR count). The van der Waals surface area contributed by atoms with E-state index in [1.165, 1.54) is 0 Å². The third-order valence-electron chi connectivity index (χ3n) is 4.41. The van der Waals surface area contributed by atoms with Gasteiger partial charge in [-0.2, -0.15) is 0 Å². The molecular weight excluding hydrogens is 406 g/mol. The van der Waals surface area contributed by atoms with E-state index in [9.17, 15) is 5.11 Å². The summed E-state index contributed by atoms with van der Waals surface area (Å²) >= 11 is 3.46. The molecule has 1 aromatic heterocycles. The van der Waals surface area contributed by atoms with Gasteiger partial charge in [-0.15, -0.1) is 0 Å². The summed E-state index contributed by atoms with van der Waals surface area (Å²) in [4.78, 5) is 8.80. The van der Waals surface area contributed by atoms with Crippen LogP contribution in [-0.2, 0) is 6.42 Å². The lowest BCUT2D eigenvalue weighted by Gasteiger charge is -2.16. The lowest BCUT2D eigenvalue weighted by atomic mass is 9.95. The van der Waals surface area contributed by atoms with Gasteiger partial charge in [-0.05, 0) is 42.7 Å². The number of aromatic hydroxyl groups is 1. The zero-order valence-corrected chi connectivity index (χ0v) is 17.2. The topological polar surface area (TPSA) is 81.3 Å². The molecule has 0 radical (unpaired) electrons. The normalized spacial score (nSPS) is 10.8. The minimum Gasteiger partial charge on any atom is -0.507 e. The predicted octanol–water partition coefficient (Wildman–Crippen LogP) is 5.13. The van der Waals surface area contributed by atoms with Crippen molar-refractivity contribution >= 4 is 21.9 Å². The van der Waals surface area contributed by atoms with E-state index in [1.807, 2.05) is 37.3 Å². The van der Waals surface area contributed by atoms with Gasteiger partial charge in [-0.3, -0.25) is 0 Å². The van der Waals surface area contributed by atoms with Crippen LogP contribution in [0.4, 0.5) is 5.95 Å². The molecule has 0 unspecified atom stereocenters. The molecule has 5 nitrogen and oxygen atoms in total. The molecule has 2 aromatic carbocycles. The zero-order chi connectivity index (χ0) is 19.6. The number of halogens is 1. The van der Waals surface area contributed by atoms with Crippen molar-refractivity contribution in [3.05, 3.63) is 52.1 Å². The average Bonchev–Trinajstić information content (AvgIpc) is 2.63. The van der Waals surface area contributed by atoms with Gasteiger partial charge in [-0.25, -0.2) is 9.97 Å². The molecule has 1 heterocycles. The standard InChI is InChI=1S/C21H22BrN3O2/c1-4-5-14-10-16(17(26)11-18(14)27-3)20-19(12(2)24-21(23)25-20)13-6-8-15(22)9-7-13/h6-11,26H,4-5H2,1-3H3,(H2,23,24,25). The minimum atomic E-state index is 0.0996. The molecule has 0 saturated heterocycles. The Kier molecular flexibility index (Phi) is 5.65. The number of nitrogens with two attached hydrogens (primary N) is 1. The monoisotopic (exact) mass is 427 g/mol. The smallest absolute Gasteiger partial charge is 0.220 e. The van der Waals surface area contributed by atoms with Gasteiger partial charge in [0.05, 0.1) is 18.5 Å². The number of anilines is 1. The number of benzene rings is 2. The first-order valence-corrected chi connectivity index (χ1v) is 9.54. The molecule has 0 aliphatic rings.